The van der Waals surface area contributed by atoms with Crippen molar-refractivity contribution in [3.05, 3.63) is 83.2 Å². The summed E-state index contributed by atoms with van der Waals surface area (Å²) in [6, 6.07) is 14.4. The van der Waals surface area contributed by atoms with Crippen molar-refractivity contribution in [1.29, 1.82) is 0 Å². The average molecular weight is 351 g/mol. The summed E-state index contributed by atoms with van der Waals surface area (Å²) < 4.78 is 21.3. The molecule has 132 valence electrons. The molecule has 1 aliphatic heterocycles. The highest BCUT2D eigenvalue weighted by molar-refractivity contribution is 6.03. The van der Waals surface area contributed by atoms with Crippen LogP contribution >= 0.6 is 0 Å². The summed E-state index contributed by atoms with van der Waals surface area (Å²) in [5, 5.41) is 2.77. The fourth-order valence-corrected chi connectivity index (χ4v) is 3.10. The van der Waals surface area contributed by atoms with Crippen LogP contribution in [0.3, 0.4) is 0 Å². The number of hydrogen-bond acceptors (Lipinski definition) is 3. The zero-order chi connectivity index (χ0) is 18.1. The molecule has 0 unspecified atom stereocenters. The first-order valence-electron chi connectivity index (χ1n) is 8.40. The first kappa shape index (κ1) is 16.5. The molecule has 26 heavy (non-hydrogen) atoms. The first-order chi connectivity index (χ1) is 12.6. The number of carbonyl (C=O) groups is 1. The lowest BCUT2D eigenvalue weighted by atomic mass is 10.1. The number of aryl methyl sites for hydroxylation is 1. The Morgan fingerprint density at radius 3 is 2.85 bits per heavy atom. The van der Waals surface area contributed by atoms with E-state index in [0.717, 1.165) is 11.3 Å². The van der Waals surface area contributed by atoms with E-state index in [4.69, 9.17) is 4.74 Å². The van der Waals surface area contributed by atoms with Crippen molar-refractivity contribution in [3.8, 4) is 0 Å². The Morgan fingerprint density at radius 1 is 1.27 bits per heavy atom. The summed E-state index contributed by atoms with van der Waals surface area (Å²) in [5.41, 5.74) is 3.19. The third-order valence-electron chi connectivity index (χ3n) is 4.53. The van der Waals surface area contributed by atoms with Crippen molar-refractivity contribution >= 4 is 11.6 Å². The van der Waals surface area contributed by atoms with Crippen LogP contribution in [0.2, 0.25) is 0 Å². The van der Waals surface area contributed by atoms with E-state index in [1.807, 2.05) is 34.9 Å². The number of imidazole rings is 1. The van der Waals surface area contributed by atoms with Gasteiger partial charge >= 0.3 is 0 Å². The predicted octanol–water partition coefficient (Wildman–Crippen LogP) is 3.85. The number of carbonyl (C=O) groups excluding carboxylic acids is 1. The minimum absolute atomic E-state index is 0.0615. The average Bonchev–Trinajstić information content (AvgIpc) is 3.09. The van der Waals surface area contributed by atoms with E-state index in [0.29, 0.717) is 30.1 Å². The number of amides is 1. The summed E-state index contributed by atoms with van der Waals surface area (Å²) in [6.45, 7) is 2.57. The van der Waals surface area contributed by atoms with Gasteiger partial charge in [0.05, 0.1) is 25.2 Å². The predicted molar refractivity (Wildman–Crippen MR) is 95.3 cm³/mol. The molecule has 0 fully saturated rings. The number of fused-ring (bicyclic) bond motifs is 1. The lowest BCUT2D eigenvalue weighted by Crippen LogP contribution is -2.23. The van der Waals surface area contributed by atoms with Crippen molar-refractivity contribution in [2.45, 2.75) is 26.2 Å². The van der Waals surface area contributed by atoms with Gasteiger partial charge < -0.3 is 14.6 Å². The number of anilines is 1. The topological polar surface area (TPSA) is 56.2 Å². The third-order valence-corrected chi connectivity index (χ3v) is 4.53. The SMILES string of the molecule is Cc1cc(NC(=O)c2ncn3c2CO[C@@H](c2ccccc2)C3)ccc1F. The molecule has 1 atom stereocenters. The van der Waals surface area contributed by atoms with Crippen LogP contribution in [0.1, 0.15) is 33.4 Å². The van der Waals surface area contributed by atoms with Crippen molar-refractivity contribution in [1.82, 2.24) is 9.55 Å². The van der Waals surface area contributed by atoms with Crippen LogP contribution in [0.5, 0.6) is 0 Å². The molecule has 4 rings (SSSR count). The number of nitrogens with one attached hydrogen (secondary N) is 1. The van der Waals surface area contributed by atoms with Crippen LogP contribution in [0.15, 0.2) is 54.9 Å². The third kappa shape index (κ3) is 3.11. The second kappa shape index (κ2) is 6.72. The molecule has 0 aliphatic carbocycles. The maximum atomic E-state index is 13.4. The second-order valence-corrected chi connectivity index (χ2v) is 6.32. The lowest BCUT2D eigenvalue weighted by Gasteiger charge is -2.25. The Balaban J connectivity index is 1.52. The second-order valence-electron chi connectivity index (χ2n) is 6.32. The number of benzene rings is 2. The van der Waals surface area contributed by atoms with E-state index in [-0.39, 0.29) is 17.8 Å². The highest BCUT2D eigenvalue weighted by Crippen LogP contribution is 2.28. The molecule has 0 radical (unpaired) electrons. The number of rotatable bonds is 3. The van der Waals surface area contributed by atoms with Crippen molar-refractivity contribution in [2.24, 2.45) is 0 Å². The van der Waals surface area contributed by atoms with Crippen LogP contribution in [-0.4, -0.2) is 15.5 Å². The highest BCUT2D eigenvalue weighted by atomic mass is 19.1. The fraction of sp³-hybridized carbons (Fsp3) is 0.200. The van der Waals surface area contributed by atoms with Gasteiger partial charge in [0.1, 0.15) is 11.9 Å². The molecule has 0 saturated carbocycles. The Kier molecular flexibility index (Phi) is 4.26. The number of nitrogens with zero attached hydrogens (tertiary/aromatic N) is 2. The quantitative estimate of drug-likeness (QED) is 0.780. The summed E-state index contributed by atoms with van der Waals surface area (Å²) in [7, 11) is 0. The molecule has 0 bridgehead atoms. The van der Waals surface area contributed by atoms with Crippen molar-refractivity contribution in [2.75, 3.05) is 5.32 Å². The molecule has 1 N–H and O–H groups in total. The summed E-state index contributed by atoms with van der Waals surface area (Å²) in [5.74, 6) is -0.630. The lowest BCUT2D eigenvalue weighted by molar-refractivity contribution is 0.00265. The largest absolute Gasteiger partial charge is 0.365 e. The van der Waals surface area contributed by atoms with Crippen LogP contribution < -0.4 is 5.32 Å². The molecular weight excluding hydrogens is 333 g/mol. The minimum Gasteiger partial charge on any atom is -0.365 e. The summed E-state index contributed by atoms with van der Waals surface area (Å²) in [6.07, 6.45) is 1.60. The van der Waals surface area contributed by atoms with Gasteiger partial charge in [-0.25, -0.2) is 9.37 Å². The molecule has 3 aromatic rings. The standard InChI is InChI=1S/C20H18FN3O2/c1-13-9-15(7-8-16(13)21)23-20(25)19-17-11-26-18(10-24(17)12-22-19)14-5-3-2-4-6-14/h2-9,12,18H,10-11H2,1H3,(H,23,25)/t18-/m1/s1. The Morgan fingerprint density at radius 2 is 2.08 bits per heavy atom. The summed E-state index contributed by atoms with van der Waals surface area (Å²) in [4.78, 5) is 16.8. The normalized spacial score (nSPS) is 16.2. The Bertz CT molecular complexity index is 953. The molecule has 0 spiro atoms. The van der Waals surface area contributed by atoms with E-state index in [2.05, 4.69) is 10.3 Å². The monoisotopic (exact) mass is 351 g/mol. The molecule has 6 heteroatoms. The highest BCUT2D eigenvalue weighted by Gasteiger charge is 2.26. The van der Waals surface area contributed by atoms with Gasteiger partial charge in [-0.2, -0.15) is 0 Å². The van der Waals surface area contributed by atoms with Crippen LogP contribution in [0.4, 0.5) is 10.1 Å². The molecule has 5 nitrogen and oxygen atoms in total. The van der Waals surface area contributed by atoms with E-state index >= 15 is 0 Å². The molecule has 2 heterocycles. The molecular formula is C20H18FN3O2. The zero-order valence-electron chi connectivity index (χ0n) is 14.3. The van der Waals surface area contributed by atoms with Gasteiger partial charge in [0.2, 0.25) is 0 Å². The van der Waals surface area contributed by atoms with Gasteiger partial charge in [-0.15, -0.1) is 0 Å². The van der Waals surface area contributed by atoms with Gasteiger partial charge in [0.25, 0.3) is 5.91 Å². The molecule has 0 saturated heterocycles. The van der Waals surface area contributed by atoms with E-state index in [1.165, 1.54) is 12.1 Å². The number of halogens is 1. The Labute approximate surface area is 150 Å². The number of ether oxygens (including phenoxy) is 1. The molecule has 2 aromatic carbocycles. The van der Waals surface area contributed by atoms with Gasteiger partial charge in [-0.05, 0) is 36.2 Å². The van der Waals surface area contributed by atoms with Crippen LogP contribution in [-0.2, 0) is 17.9 Å². The maximum Gasteiger partial charge on any atom is 0.276 e. The molecule has 1 aliphatic rings. The van der Waals surface area contributed by atoms with Crippen LogP contribution in [0.25, 0.3) is 0 Å². The first-order valence-corrected chi connectivity index (χ1v) is 8.40. The Hall–Kier alpha value is -2.99. The van der Waals surface area contributed by atoms with Crippen molar-refractivity contribution in [3.63, 3.8) is 0 Å². The van der Waals surface area contributed by atoms with Gasteiger partial charge in [-0.1, -0.05) is 30.3 Å². The number of aromatic nitrogens is 2. The van der Waals surface area contributed by atoms with Gasteiger partial charge in [0, 0.05) is 5.69 Å². The molecule has 1 aromatic heterocycles. The number of hydrogen-bond donors (Lipinski definition) is 1. The minimum atomic E-state index is -0.327. The van der Waals surface area contributed by atoms with Gasteiger partial charge in [-0.3, -0.25) is 4.79 Å². The van der Waals surface area contributed by atoms with E-state index in [1.54, 1.807) is 19.3 Å². The maximum absolute atomic E-state index is 13.4. The van der Waals surface area contributed by atoms with E-state index < -0.39 is 0 Å². The smallest absolute Gasteiger partial charge is 0.276 e. The van der Waals surface area contributed by atoms with Crippen molar-refractivity contribution < 1.29 is 13.9 Å². The van der Waals surface area contributed by atoms with Gasteiger partial charge in [0.15, 0.2) is 5.69 Å². The van der Waals surface area contributed by atoms with E-state index in [9.17, 15) is 9.18 Å². The fourth-order valence-electron chi connectivity index (χ4n) is 3.10. The summed E-state index contributed by atoms with van der Waals surface area (Å²) >= 11 is 0. The zero-order valence-corrected chi connectivity index (χ0v) is 14.3. The van der Waals surface area contributed by atoms with Crippen LogP contribution in [0, 0.1) is 12.7 Å². The molecule has 1 amide bonds.